The van der Waals surface area contributed by atoms with Crippen LogP contribution in [0.1, 0.15) is 63.9 Å². The lowest BCUT2D eigenvalue weighted by molar-refractivity contribution is -0.143. The number of carbonyl (C=O) groups is 2. The molecule has 0 heterocycles. The quantitative estimate of drug-likeness (QED) is 0.750. The van der Waals surface area contributed by atoms with Gasteiger partial charge in [0.2, 0.25) is 0 Å². The molecule has 0 unspecified atom stereocenters. The average Bonchev–Trinajstić information content (AvgIpc) is 2.46. The normalized spacial score (nSPS) is 11.4. The summed E-state index contributed by atoms with van der Waals surface area (Å²) in [6, 6.07) is 7.75. The van der Waals surface area contributed by atoms with Crippen LogP contribution in [0.5, 0.6) is 0 Å². The van der Waals surface area contributed by atoms with Gasteiger partial charge in [0.05, 0.1) is 13.0 Å². The molecule has 1 amide bonds. The highest BCUT2D eigenvalue weighted by Gasteiger charge is 2.21. The number of rotatable bonds is 6. The number of benzene rings is 1. The van der Waals surface area contributed by atoms with Crippen LogP contribution in [0, 0.1) is 0 Å². The summed E-state index contributed by atoms with van der Waals surface area (Å²) >= 11 is 0. The highest BCUT2D eigenvalue weighted by molar-refractivity contribution is 5.94. The van der Waals surface area contributed by atoms with Crippen molar-refractivity contribution in [2.24, 2.45) is 0 Å². The van der Waals surface area contributed by atoms with Gasteiger partial charge < -0.3 is 9.64 Å². The Labute approximate surface area is 139 Å². The summed E-state index contributed by atoms with van der Waals surface area (Å²) in [7, 11) is 0. The maximum absolute atomic E-state index is 12.7. The standard InChI is InChI=1S/C19H29NO3/c1-7-23-17(21)12-13-20(14(2)3)18(22)15-8-10-16(11-9-15)19(4,5)6/h8-11,14H,7,12-13H2,1-6H3. The summed E-state index contributed by atoms with van der Waals surface area (Å²) in [5.74, 6) is -0.321. The summed E-state index contributed by atoms with van der Waals surface area (Å²) in [5, 5.41) is 0. The molecule has 0 aliphatic rings. The van der Waals surface area contributed by atoms with Gasteiger partial charge in [0.15, 0.2) is 0 Å². The van der Waals surface area contributed by atoms with Gasteiger partial charge in [0.25, 0.3) is 5.91 Å². The first kappa shape index (κ1) is 19.2. The van der Waals surface area contributed by atoms with Crippen LogP contribution in [0.3, 0.4) is 0 Å². The molecule has 0 aromatic heterocycles. The summed E-state index contributed by atoms with van der Waals surface area (Å²) < 4.78 is 4.93. The fraction of sp³-hybridized carbons (Fsp3) is 0.579. The van der Waals surface area contributed by atoms with Crippen LogP contribution in [0.15, 0.2) is 24.3 Å². The molecule has 1 aromatic rings. The zero-order valence-corrected chi connectivity index (χ0v) is 15.2. The van der Waals surface area contributed by atoms with Gasteiger partial charge >= 0.3 is 5.97 Å². The molecule has 0 spiro atoms. The zero-order valence-electron chi connectivity index (χ0n) is 15.2. The smallest absolute Gasteiger partial charge is 0.307 e. The molecule has 0 aliphatic carbocycles. The summed E-state index contributed by atoms with van der Waals surface area (Å²) in [4.78, 5) is 25.9. The van der Waals surface area contributed by atoms with E-state index in [1.807, 2.05) is 38.1 Å². The molecule has 1 rings (SSSR count). The van der Waals surface area contributed by atoms with Crippen LogP contribution in [-0.4, -0.2) is 36.0 Å². The van der Waals surface area contributed by atoms with Crippen molar-refractivity contribution in [3.05, 3.63) is 35.4 Å². The zero-order chi connectivity index (χ0) is 17.6. The van der Waals surface area contributed by atoms with Crippen molar-refractivity contribution in [1.29, 1.82) is 0 Å². The highest BCUT2D eigenvalue weighted by atomic mass is 16.5. The fourth-order valence-corrected chi connectivity index (χ4v) is 2.32. The number of carbonyl (C=O) groups excluding carboxylic acids is 2. The van der Waals surface area contributed by atoms with Crippen molar-refractivity contribution >= 4 is 11.9 Å². The van der Waals surface area contributed by atoms with E-state index in [0.717, 1.165) is 0 Å². The largest absolute Gasteiger partial charge is 0.466 e. The Bertz CT molecular complexity index is 527. The number of nitrogens with zero attached hydrogens (tertiary/aromatic N) is 1. The van der Waals surface area contributed by atoms with Crippen LogP contribution in [-0.2, 0) is 14.9 Å². The van der Waals surface area contributed by atoms with Crippen LogP contribution in [0.2, 0.25) is 0 Å². The van der Waals surface area contributed by atoms with E-state index in [-0.39, 0.29) is 29.8 Å². The summed E-state index contributed by atoms with van der Waals surface area (Å²) in [6.45, 7) is 12.8. The van der Waals surface area contributed by atoms with E-state index in [2.05, 4.69) is 20.8 Å². The van der Waals surface area contributed by atoms with Gasteiger partial charge in [-0.1, -0.05) is 32.9 Å². The van der Waals surface area contributed by atoms with E-state index >= 15 is 0 Å². The molecule has 0 N–H and O–H groups in total. The predicted octanol–water partition coefficient (Wildman–Crippen LogP) is 3.79. The van der Waals surface area contributed by atoms with Crippen molar-refractivity contribution in [1.82, 2.24) is 4.90 Å². The second kappa shape index (κ2) is 8.14. The van der Waals surface area contributed by atoms with E-state index in [1.54, 1.807) is 11.8 Å². The van der Waals surface area contributed by atoms with Crippen LogP contribution < -0.4 is 0 Å². The Morgan fingerprint density at radius 1 is 1.13 bits per heavy atom. The maximum atomic E-state index is 12.7. The molecule has 0 aliphatic heterocycles. The van der Waals surface area contributed by atoms with E-state index < -0.39 is 0 Å². The third-order valence-electron chi connectivity index (χ3n) is 3.74. The van der Waals surface area contributed by atoms with Gasteiger partial charge in [-0.25, -0.2) is 0 Å². The second-order valence-electron chi connectivity index (χ2n) is 6.97. The van der Waals surface area contributed by atoms with Crippen LogP contribution >= 0.6 is 0 Å². The molecule has 0 fully saturated rings. The van der Waals surface area contributed by atoms with Gasteiger partial charge in [-0.05, 0) is 43.9 Å². The Morgan fingerprint density at radius 2 is 1.70 bits per heavy atom. The lowest BCUT2D eigenvalue weighted by atomic mass is 9.86. The topological polar surface area (TPSA) is 46.6 Å². The lowest BCUT2D eigenvalue weighted by Gasteiger charge is -2.27. The molecule has 0 radical (unpaired) electrons. The SMILES string of the molecule is CCOC(=O)CCN(C(=O)c1ccc(C(C)(C)C)cc1)C(C)C. The number of amides is 1. The van der Waals surface area contributed by atoms with Crippen LogP contribution in [0.25, 0.3) is 0 Å². The first-order valence-corrected chi connectivity index (χ1v) is 8.24. The minimum Gasteiger partial charge on any atom is -0.466 e. The van der Waals surface area contributed by atoms with Gasteiger partial charge in [-0.3, -0.25) is 9.59 Å². The predicted molar refractivity (Wildman–Crippen MR) is 92.6 cm³/mol. The summed E-state index contributed by atoms with van der Waals surface area (Å²) in [5.41, 5.74) is 1.90. The van der Waals surface area contributed by atoms with E-state index in [4.69, 9.17) is 4.74 Å². The third-order valence-corrected chi connectivity index (χ3v) is 3.74. The minimum absolute atomic E-state index is 0.0271. The third kappa shape index (κ3) is 5.70. The molecule has 4 heteroatoms. The van der Waals surface area contributed by atoms with Gasteiger partial charge in [-0.15, -0.1) is 0 Å². The second-order valence-corrected chi connectivity index (χ2v) is 6.97. The first-order chi connectivity index (χ1) is 10.7. The van der Waals surface area contributed by atoms with Crippen molar-refractivity contribution in [2.75, 3.05) is 13.2 Å². The molecule has 0 bridgehead atoms. The molecular formula is C19H29NO3. The first-order valence-electron chi connectivity index (χ1n) is 8.24. The molecule has 4 nitrogen and oxygen atoms in total. The van der Waals surface area contributed by atoms with E-state index in [9.17, 15) is 9.59 Å². The van der Waals surface area contributed by atoms with E-state index in [1.165, 1.54) is 5.56 Å². The molecule has 128 valence electrons. The highest BCUT2D eigenvalue weighted by Crippen LogP contribution is 2.22. The van der Waals surface area contributed by atoms with Crippen molar-refractivity contribution in [2.45, 2.75) is 59.4 Å². The summed E-state index contributed by atoms with van der Waals surface area (Å²) in [6.07, 6.45) is 0.220. The van der Waals surface area contributed by atoms with Gasteiger partial charge in [-0.2, -0.15) is 0 Å². The Morgan fingerprint density at radius 3 is 2.13 bits per heavy atom. The molecule has 23 heavy (non-hydrogen) atoms. The number of hydrogen-bond acceptors (Lipinski definition) is 3. The lowest BCUT2D eigenvalue weighted by Crippen LogP contribution is -2.38. The number of esters is 1. The minimum atomic E-state index is -0.269. The van der Waals surface area contributed by atoms with Crippen LogP contribution in [0.4, 0.5) is 0 Å². The molecule has 0 saturated heterocycles. The van der Waals surface area contributed by atoms with Crippen molar-refractivity contribution in [3.63, 3.8) is 0 Å². The molecule has 0 saturated carbocycles. The monoisotopic (exact) mass is 319 g/mol. The Balaban J connectivity index is 2.83. The van der Waals surface area contributed by atoms with Crippen molar-refractivity contribution in [3.8, 4) is 0 Å². The molecule has 0 atom stereocenters. The number of ether oxygens (including phenoxy) is 1. The number of hydrogen-bond donors (Lipinski definition) is 0. The Hall–Kier alpha value is -1.84. The van der Waals surface area contributed by atoms with E-state index in [0.29, 0.717) is 18.7 Å². The average molecular weight is 319 g/mol. The fourth-order valence-electron chi connectivity index (χ4n) is 2.32. The van der Waals surface area contributed by atoms with Gasteiger partial charge in [0.1, 0.15) is 0 Å². The molecular weight excluding hydrogens is 290 g/mol. The Kier molecular flexibility index (Phi) is 6.79. The maximum Gasteiger partial charge on any atom is 0.307 e. The van der Waals surface area contributed by atoms with Crippen molar-refractivity contribution < 1.29 is 14.3 Å². The van der Waals surface area contributed by atoms with Gasteiger partial charge in [0, 0.05) is 18.2 Å². The molecule has 1 aromatic carbocycles.